The van der Waals surface area contributed by atoms with Gasteiger partial charge in [0.15, 0.2) is 0 Å². The van der Waals surface area contributed by atoms with Gasteiger partial charge in [0.05, 0.1) is 5.69 Å². The van der Waals surface area contributed by atoms with Gasteiger partial charge >= 0.3 is 0 Å². The van der Waals surface area contributed by atoms with Crippen molar-refractivity contribution in [2.24, 2.45) is 0 Å². The van der Waals surface area contributed by atoms with Crippen LogP contribution in [0.25, 0.3) is 0 Å². The highest BCUT2D eigenvalue weighted by molar-refractivity contribution is 7.98. The number of nitriles is 1. The zero-order chi connectivity index (χ0) is 9.97. The molecule has 0 N–H and O–H groups in total. The topological polar surface area (TPSA) is 36.7 Å². The van der Waals surface area contributed by atoms with E-state index in [1.165, 1.54) is 12.8 Å². The van der Waals surface area contributed by atoms with Gasteiger partial charge in [0.25, 0.3) is 0 Å². The minimum Gasteiger partial charge on any atom is -0.244 e. The predicted molar refractivity (Wildman–Crippen MR) is 60.6 cm³/mol. The van der Waals surface area contributed by atoms with Gasteiger partial charge in [0.2, 0.25) is 0 Å². The lowest BCUT2D eigenvalue weighted by atomic mass is 10.3. The molecule has 74 valence electrons. The minimum absolute atomic E-state index is 0.598. The van der Waals surface area contributed by atoms with Crippen LogP contribution in [0.4, 0.5) is 0 Å². The van der Waals surface area contributed by atoms with Gasteiger partial charge in [-0.1, -0.05) is 6.92 Å². The summed E-state index contributed by atoms with van der Waals surface area (Å²) >= 11 is 3.44. The summed E-state index contributed by atoms with van der Waals surface area (Å²) in [4.78, 5) is 5.40. The molecule has 0 aromatic carbocycles. The lowest BCUT2D eigenvalue weighted by molar-refractivity contribution is 1.02. The Balaban J connectivity index is 2.14. The molecule has 0 spiro atoms. The second kappa shape index (κ2) is 4.33. The summed E-state index contributed by atoms with van der Waals surface area (Å²) in [6, 6.07) is 2.26. The highest BCUT2D eigenvalue weighted by atomic mass is 32.2. The SMILES string of the molecule is CCSCc1nc(C2CC2)c(C#N)s1. The number of aromatic nitrogens is 1. The van der Waals surface area contributed by atoms with E-state index in [-0.39, 0.29) is 0 Å². The smallest absolute Gasteiger partial charge is 0.128 e. The van der Waals surface area contributed by atoms with Crippen LogP contribution in [0.15, 0.2) is 0 Å². The Morgan fingerprint density at radius 3 is 3.00 bits per heavy atom. The van der Waals surface area contributed by atoms with Crippen LogP contribution in [0.3, 0.4) is 0 Å². The van der Waals surface area contributed by atoms with Gasteiger partial charge in [-0.15, -0.1) is 11.3 Å². The first-order valence-electron chi connectivity index (χ1n) is 4.82. The maximum Gasteiger partial charge on any atom is 0.128 e. The van der Waals surface area contributed by atoms with Crippen molar-refractivity contribution in [2.45, 2.75) is 31.4 Å². The first-order chi connectivity index (χ1) is 6.85. The summed E-state index contributed by atoms with van der Waals surface area (Å²) in [5.41, 5.74) is 1.07. The van der Waals surface area contributed by atoms with Crippen molar-refractivity contribution in [2.75, 3.05) is 5.75 Å². The zero-order valence-electron chi connectivity index (χ0n) is 8.12. The number of thiazole rings is 1. The maximum atomic E-state index is 8.95. The van der Waals surface area contributed by atoms with Crippen LogP contribution in [-0.2, 0) is 5.75 Å². The molecule has 1 aromatic heterocycles. The standard InChI is InChI=1S/C10H12N2S2/c1-2-13-6-9-12-10(7-3-4-7)8(5-11)14-9/h7H,2-4,6H2,1H3. The summed E-state index contributed by atoms with van der Waals surface area (Å²) in [5.74, 6) is 2.67. The summed E-state index contributed by atoms with van der Waals surface area (Å²) < 4.78 is 0. The summed E-state index contributed by atoms with van der Waals surface area (Å²) in [7, 11) is 0. The van der Waals surface area contributed by atoms with Crippen LogP contribution in [0, 0.1) is 11.3 Å². The van der Waals surface area contributed by atoms with E-state index in [0.717, 1.165) is 27.1 Å². The Morgan fingerprint density at radius 2 is 2.43 bits per heavy atom. The van der Waals surface area contributed by atoms with Crippen molar-refractivity contribution >= 4 is 23.1 Å². The fourth-order valence-electron chi connectivity index (χ4n) is 1.34. The third-order valence-electron chi connectivity index (χ3n) is 2.19. The average molecular weight is 224 g/mol. The van der Waals surface area contributed by atoms with E-state index in [1.54, 1.807) is 11.3 Å². The van der Waals surface area contributed by atoms with Crippen molar-refractivity contribution in [3.63, 3.8) is 0 Å². The molecular weight excluding hydrogens is 212 g/mol. The summed E-state index contributed by atoms with van der Waals surface area (Å²) in [5, 5.41) is 10.1. The van der Waals surface area contributed by atoms with Gasteiger partial charge in [-0.2, -0.15) is 17.0 Å². The molecule has 1 fully saturated rings. The van der Waals surface area contributed by atoms with E-state index in [2.05, 4.69) is 18.0 Å². The predicted octanol–water partition coefficient (Wildman–Crippen LogP) is 3.15. The molecule has 0 amide bonds. The number of rotatable bonds is 4. The number of thioether (sulfide) groups is 1. The molecule has 4 heteroatoms. The Morgan fingerprint density at radius 1 is 1.64 bits per heavy atom. The molecule has 1 saturated carbocycles. The molecule has 0 unspecified atom stereocenters. The van der Waals surface area contributed by atoms with Crippen molar-refractivity contribution in [3.05, 3.63) is 15.6 Å². The van der Waals surface area contributed by atoms with Crippen LogP contribution in [0.5, 0.6) is 0 Å². The molecular formula is C10H12N2S2. The van der Waals surface area contributed by atoms with Gasteiger partial charge in [0.1, 0.15) is 16.0 Å². The number of nitrogens with zero attached hydrogens (tertiary/aromatic N) is 2. The Hall–Kier alpha value is -0.530. The van der Waals surface area contributed by atoms with Crippen LogP contribution in [0.2, 0.25) is 0 Å². The van der Waals surface area contributed by atoms with Crippen molar-refractivity contribution in [1.29, 1.82) is 5.26 Å². The first-order valence-corrected chi connectivity index (χ1v) is 6.79. The molecule has 1 aliphatic carbocycles. The summed E-state index contributed by atoms with van der Waals surface area (Å²) in [6.07, 6.45) is 2.44. The molecule has 1 aliphatic rings. The molecule has 1 aromatic rings. The molecule has 1 heterocycles. The van der Waals surface area contributed by atoms with Gasteiger partial charge in [-0.3, -0.25) is 0 Å². The Bertz CT molecular complexity index is 361. The zero-order valence-corrected chi connectivity index (χ0v) is 9.75. The first kappa shape index (κ1) is 10.0. The van der Waals surface area contributed by atoms with Gasteiger partial charge in [-0.25, -0.2) is 4.98 Å². The van der Waals surface area contributed by atoms with Crippen molar-refractivity contribution < 1.29 is 0 Å². The molecule has 0 saturated heterocycles. The average Bonchev–Trinajstić information content (AvgIpc) is 2.96. The fraction of sp³-hybridized carbons (Fsp3) is 0.600. The van der Waals surface area contributed by atoms with E-state index >= 15 is 0 Å². The van der Waals surface area contributed by atoms with Crippen LogP contribution < -0.4 is 0 Å². The van der Waals surface area contributed by atoms with Gasteiger partial charge in [-0.05, 0) is 18.6 Å². The van der Waals surface area contributed by atoms with E-state index in [0.29, 0.717) is 5.92 Å². The Kier molecular flexibility index (Phi) is 3.09. The highest BCUT2D eigenvalue weighted by Gasteiger charge is 2.29. The van der Waals surface area contributed by atoms with Gasteiger partial charge < -0.3 is 0 Å². The monoisotopic (exact) mass is 224 g/mol. The molecule has 0 bridgehead atoms. The van der Waals surface area contributed by atoms with Crippen molar-refractivity contribution in [1.82, 2.24) is 4.98 Å². The van der Waals surface area contributed by atoms with Gasteiger partial charge in [0, 0.05) is 11.7 Å². The van der Waals surface area contributed by atoms with Crippen molar-refractivity contribution in [3.8, 4) is 6.07 Å². The molecule has 0 aliphatic heterocycles. The maximum absolute atomic E-state index is 8.95. The second-order valence-electron chi connectivity index (χ2n) is 3.35. The minimum atomic E-state index is 0.598. The second-order valence-corrected chi connectivity index (χ2v) is 5.70. The third-order valence-corrected chi connectivity index (χ3v) is 4.24. The molecule has 0 radical (unpaired) electrons. The van der Waals surface area contributed by atoms with E-state index in [9.17, 15) is 0 Å². The van der Waals surface area contributed by atoms with E-state index in [4.69, 9.17) is 5.26 Å². The van der Waals surface area contributed by atoms with E-state index in [1.807, 2.05) is 11.8 Å². The third kappa shape index (κ3) is 2.10. The van der Waals surface area contributed by atoms with Crippen LogP contribution >= 0.6 is 23.1 Å². The quantitative estimate of drug-likeness (QED) is 0.788. The highest BCUT2D eigenvalue weighted by Crippen LogP contribution is 2.42. The van der Waals surface area contributed by atoms with E-state index < -0.39 is 0 Å². The lowest BCUT2D eigenvalue weighted by Crippen LogP contribution is -1.84. The fourth-order valence-corrected chi connectivity index (χ4v) is 3.01. The van der Waals surface area contributed by atoms with Crippen LogP contribution in [-0.4, -0.2) is 10.7 Å². The lowest BCUT2D eigenvalue weighted by Gasteiger charge is -1.91. The normalized spacial score (nSPS) is 15.4. The molecule has 2 rings (SSSR count). The Labute approximate surface area is 92.4 Å². The molecule has 0 atom stereocenters. The summed E-state index contributed by atoms with van der Waals surface area (Å²) in [6.45, 7) is 2.14. The molecule has 2 nitrogen and oxygen atoms in total. The largest absolute Gasteiger partial charge is 0.244 e. The van der Waals surface area contributed by atoms with Crippen LogP contribution in [0.1, 0.15) is 41.3 Å². The number of hydrogen-bond acceptors (Lipinski definition) is 4. The molecule has 14 heavy (non-hydrogen) atoms. The number of hydrogen-bond donors (Lipinski definition) is 0.